The fourth-order valence-corrected chi connectivity index (χ4v) is 2.68. The van der Waals surface area contributed by atoms with Crippen molar-refractivity contribution in [1.82, 2.24) is 0 Å². The zero-order chi connectivity index (χ0) is 17.5. The summed E-state index contributed by atoms with van der Waals surface area (Å²) >= 11 is 0. The molecule has 24 heavy (non-hydrogen) atoms. The van der Waals surface area contributed by atoms with Crippen molar-refractivity contribution >= 4 is 22.4 Å². The first kappa shape index (κ1) is 17.7. The molecule has 0 unspecified atom stereocenters. The van der Waals surface area contributed by atoms with Gasteiger partial charge in [0.1, 0.15) is 17.3 Å². The minimum Gasteiger partial charge on any atom is -0.443 e. The Morgan fingerprint density at radius 1 is 1.21 bits per heavy atom. The summed E-state index contributed by atoms with van der Waals surface area (Å²) in [6.07, 6.45) is 7.16. The fourth-order valence-electron chi connectivity index (χ4n) is 2.68. The molecular formula is C19H22N2O3. The number of carbonyl (C=O) groups is 1. The van der Waals surface area contributed by atoms with Crippen LogP contribution in [0, 0.1) is 11.3 Å². The van der Waals surface area contributed by atoms with E-state index in [1.807, 2.05) is 0 Å². The Morgan fingerprint density at radius 2 is 1.92 bits per heavy atom. The predicted molar refractivity (Wildman–Crippen MR) is 93.9 cm³/mol. The van der Waals surface area contributed by atoms with Gasteiger partial charge < -0.3 is 10.2 Å². The number of ketones is 1. The van der Waals surface area contributed by atoms with E-state index < -0.39 is 5.43 Å². The molecule has 0 aliphatic rings. The van der Waals surface area contributed by atoms with Crippen LogP contribution < -0.4 is 11.2 Å². The monoisotopic (exact) mass is 326 g/mol. The van der Waals surface area contributed by atoms with E-state index in [1.54, 1.807) is 18.2 Å². The maximum atomic E-state index is 12.3. The molecule has 0 atom stereocenters. The summed E-state index contributed by atoms with van der Waals surface area (Å²) in [6, 6.07) is 6.44. The van der Waals surface area contributed by atoms with E-state index in [2.05, 4.69) is 6.92 Å². The smallest absolute Gasteiger partial charge is 0.230 e. The molecule has 2 rings (SSSR count). The third kappa shape index (κ3) is 4.02. The van der Waals surface area contributed by atoms with Crippen LogP contribution in [0.4, 0.5) is 5.69 Å². The number of fused-ring (bicyclic) bond motifs is 1. The summed E-state index contributed by atoms with van der Waals surface area (Å²) in [5.74, 6) is -0.187. The Bertz CT molecular complexity index is 831. The average molecular weight is 326 g/mol. The number of Topliss-reactive ketones (excluding diaryl/α,β-unsaturated/α-hetero) is 1. The highest BCUT2D eigenvalue weighted by Crippen LogP contribution is 2.19. The molecule has 2 aromatic rings. The Labute approximate surface area is 141 Å². The third-order valence-electron chi connectivity index (χ3n) is 4.11. The number of anilines is 1. The Kier molecular flexibility index (Phi) is 6.14. The molecule has 1 heterocycles. The number of benzene rings is 1. The van der Waals surface area contributed by atoms with Crippen molar-refractivity contribution < 1.29 is 9.21 Å². The van der Waals surface area contributed by atoms with Crippen LogP contribution in [-0.2, 0) is 0 Å². The molecule has 1 aromatic carbocycles. The molecule has 0 bridgehead atoms. The van der Waals surface area contributed by atoms with Crippen molar-refractivity contribution in [1.29, 1.82) is 5.26 Å². The summed E-state index contributed by atoms with van der Waals surface area (Å²) in [5.41, 5.74) is 5.67. The van der Waals surface area contributed by atoms with E-state index in [0.717, 1.165) is 19.3 Å². The van der Waals surface area contributed by atoms with Gasteiger partial charge in [-0.1, -0.05) is 39.0 Å². The number of nitrogen functional groups attached to an aromatic ring is 1. The highest BCUT2D eigenvalue weighted by Gasteiger charge is 2.14. The number of rotatable bonds is 8. The van der Waals surface area contributed by atoms with E-state index in [-0.39, 0.29) is 28.2 Å². The predicted octanol–water partition coefficient (Wildman–Crippen LogP) is 4.18. The maximum absolute atomic E-state index is 12.3. The number of carbonyl (C=O) groups excluding carboxylic acids is 1. The van der Waals surface area contributed by atoms with Gasteiger partial charge in [0.25, 0.3) is 0 Å². The second-order valence-electron chi connectivity index (χ2n) is 5.94. The Hall–Kier alpha value is -2.61. The molecule has 0 fully saturated rings. The van der Waals surface area contributed by atoms with E-state index in [0.29, 0.717) is 12.0 Å². The van der Waals surface area contributed by atoms with Gasteiger partial charge in [-0.3, -0.25) is 9.59 Å². The molecule has 5 heteroatoms. The first-order valence-corrected chi connectivity index (χ1v) is 8.38. The lowest BCUT2D eigenvalue weighted by Crippen LogP contribution is -2.11. The molecule has 0 aliphatic heterocycles. The minimum atomic E-state index is -0.470. The summed E-state index contributed by atoms with van der Waals surface area (Å²) in [7, 11) is 0. The van der Waals surface area contributed by atoms with Crippen LogP contribution in [0.2, 0.25) is 0 Å². The summed E-state index contributed by atoms with van der Waals surface area (Å²) in [4.78, 5) is 24.5. The summed E-state index contributed by atoms with van der Waals surface area (Å²) in [6.45, 7) is 2.17. The quantitative estimate of drug-likeness (QED) is 0.579. The molecule has 0 amide bonds. The van der Waals surface area contributed by atoms with Crippen LogP contribution in [0.15, 0.2) is 27.4 Å². The van der Waals surface area contributed by atoms with Crippen LogP contribution in [0.25, 0.3) is 11.0 Å². The van der Waals surface area contributed by atoms with Gasteiger partial charge in [-0.25, -0.2) is 0 Å². The lowest BCUT2D eigenvalue weighted by Gasteiger charge is -2.05. The number of unbranched alkanes of at least 4 members (excludes halogenated alkanes) is 5. The van der Waals surface area contributed by atoms with Gasteiger partial charge in [0.15, 0.2) is 5.78 Å². The Morgan fingerprint density at radius 3 is 2.62 bits per heavy atom. The largest absolute Gasteiger partial charge is 0.443 e. The lowest BCUT2D eigenvalue weighted by molar-refractivity contribution is 0.0979. The highest BCUT2D eigenvalue weighted by molar-refractivity contribution is 5.99. The van der Waals surface area contributed by atoms with Crippen molar-refractivity contribution in [3.63, 3.8) is 0 Å². The van der Waals surface area contributed by atoms with E-state index in [1.165, 1.54) is 25.3 Å². The SMILES string of the molecule is CCCCCCCCC(=O)c1ccc2oc(C#N)c(N)c(=O)c2c1. The maximum Gasteiger partial charge on any atom is 0.230 e. The molecule has 0 radical (unpaired) electrons. The van der Waals surface area contributed by atoms with Crippen molar-refractivity contribution in [2.24, 2.45) is 0 Å². The first-order valence-electron chi connectivity index (χ1n) is 8.38. The number of nitrogens with two attached hydrogens (primary N) is 1. The van der Waals surface area contributed by atoms with Gasteiger partial charge >= 0.3 is 0 Å². The lowest BCUT2D eigenvalue weighted by atomic mass is 10.0. The minimum absolute atomic E-state index is 0.00900. The van der Waals surface area contributed by atoms with Crippen LogP contribution in [0.3, 0.4) is 0 Å². The zero-order valence-electron chi connectivity index (χ0n) is 13.9. The van der Waals surface area contributed by atoms with Crippen LogP contribution >= 0.6 is 0 Å². The first-order chi connectivity index (χ1) is 11.6. The normalized spacial score (nSPS) is 10.7. The standard InChI is InChI=1S/C19H22N2O3/c1-2-3-4-5-6-7-8-15(22)13-9-10-16-14(11-13)19(23)18(21)17(12-20)24-16/h9-11H,2-8,21H2,1H3. The number of nitrogens with zero attached hydrogens (tertiary/aromatic N) is 1. The summed E-state index contributed by atoms with van der Waals surface area (Å²) in [5, 5.41) is 9.14. The average Bonchev–Trinajstić information content (AvgIpc) is 2.60. The van der Waals surface area contributed by atoms with Crippen LogP contribution in [0.1, 0.15) is 68.0 Å². The van der Waals surface area contributed by atoms with Crippen LogP contribution in [-0.4, -0.2) is 5.78 Å². The van der Waals surface area contributed by atoms with Crippen molar-refractivity contribution in [2.45, 2.75) is 51.9 Å². The fraction of sp³-hybridized carbons (Fsp3) is 0.421. The summed E-state index contributed by atoms with van der Waals surface area (Å²) < 4.78 is 5.30. The number of hydrogen-bond donors (Lipinski definition) is 1. The molecule has 2 N–H and O–H groups in total. The molecule has 0 saturated carbocycles. The third-order valence-corrected chi connectivity index (χ3v) is 4.11. The van der Waals surface area contributed by atoms with Gasteiger partial charge in [0.05, 0.1) is 5.39 Å². The van der Waals surface area contributed by atoms with Crippen molar-refractivity contribution in [3.8, 4) is 6.07 Å². The highest BCUT2D eigenvalue weighted by atomic mass is 16.3. The number of nitriles is 1. The molecule has 126 valence electrons. The van der Waals surface area contributed by atoms with E-state index in [9.17, 15) is 9.59 Å². The molecule has 0 spiro atoms. The molecule has 0 aliphatic carbocycles. The van der Waals surface area contributed by atoms with Gasteiger partial charge in [-0.2, -0.15) is 5.26 Å². The Balaban J connectivity index is 2.10. The van der Waals surface area contributed by atoms with Crippen molar-refractivity contribution in [3.05, 3.63) is 39.7 Å². The number of hydrogen-bond acceptors (Lipinski definition) is 5. The van der Waals surface area contributed by atoms with Gasteiger partial charge in [0.2, 0.25) is 11.2 Å². The van der Waals surface area contributed by atoms with Gasteiger partial charge in [-0.15, -0.1) is 0 Å². The molecular weight excluding hydrogens is 304 g/mol. The molecule has 0 saturated heterocycles. The zero-order valence-corrected chi connectivity index (χ0v) is 13.9. The van der Waals surface area contributed by atoms with E-state index in [4.69, 9.17) is 15.4 Å². The van der Waals surface area contributed by atoms with Gasteiger partial charge in [-0.05, 0) is 24.6 Å². The van der Waals surface area contributed by atoms with E-state index >= 15 is 0 Å². The van der Waals surface area contributed by atoms with Crippen LogP contribution in [0.5, 0.6) is 0 Å². The molecule has 1 aromatic heterocycles. The molecule has 5 nitrogen and oxygen atoms in total. The van der Waals surface area contributed by atoms with Gasteiger partial charge in [0, 0.05) is 12.0 Å². The second kappa shape index (κ2) is 8.30. The second-order valence-corrected chi connectivity index (χ2v) is 5.94. The van der Waals surface area contributed by atoms with Crippen molar-refractivity contribution in [2.75, 3.05) is 5.73 Å². The topological polar surface area (TPSA) is 97.1 Å².